The zero-order chi connectivity index (χ0) is 17.8. The number of rotatable bonds is 6. The summed E-state index contributed by atoms with van der Waals surface area (Å²) in [4.78, 5) is 24.6. The van der Waals surface area contributed by atoms with Crippen molar-refractivity contribution in [1.82, 2.24) is 0 Å². The monoisotopic (exact) mass is 336 g/mol. The molecule has 1 aliphatic rings. The van der Waals surface area contributed by atoms with Gasteiger partial charge in [-0.25, -0.2) is 0 Å². The zero-order valence-corrected chi connectivity index (χ0v) is 13.7. The number of carboxylic acids is 1. The molecule has 1 fully saturated rings. The van der Waals surface area contributed by atoms with E-state index in [2.05, 4.69) is 6.58 Å². The number of hydrogen-bond donors (Lipinski definition) is 1. The fourth-order valence-electron chi connectivity index (χ4n) is 3.77. The van der Waals surface area contributed by atoms with Crippen LogP contribution in [0.2, 0.25) is 0 Å². The second-order valence-electron chi connectivity index (χ2n) is 6.18. The molecule has 3 rings (SSSR count). The summed E-state index contributed by atoms with van der Waals surface area (Å²) >= 11 is 0. The largest absolute Gasteiger partial charge is 0.481 e. The number of benzene rings is 2. The van der Waals surface area contributed by atoms with Crippen LogP contribution < -0.4 is 0 Å². The molecule has 1 N–H and O–H groups in total. The van der Waals surface area contributed by atoms with E-state index in [1.54, 1.807) is 0 Å². The van der Waals surface area contributed by atoms with Crippen molar-refractivity contribution >= 4 is 11.9 Å². The van der Waals surface area contributed by atoms with Crippen molar-refractivity contribution in [1.29, 1.82) is 0 Å². The van der Waals surface area contributed by atoms with E-state index < -0.39 is 29.6 Å². The summed E-state index contributed by atoms with van der Waals surface area (Å²) in [6.45, 7) is 3.68. The summed E-state index contributed by atoms with van der Waals surface area (Å²) in [6, 6.07) is 18.7. The minimum atomic E-state index is -0.893. The van der Waals surface area contributed by atoms with Crippen LogP contribution in [0.3, 0.4) is 0 Å². The number of carbonyl (C=O) groups is 2. The first-order valence-corrected chi connectivity index (χ1v) is 8.25. The third-order valence-electron chi connectivity index (χ3n) is 4.82. The fourth-order valence-corrected chi connectivity index (χ4v) is 3.77. The molecular formula is C21H20O4. The molecule has 0 unspecified atom stereocenters. The van der Waals surface area contributed by atoms with Gasteiger partial charge in [-0.1, -0.05) is 73.3 Å². The van der Waals surface area contributed by atoms with E-state index in [1.807, 2.05) is 60.7 Å². The van der Waals surface area contributed by atoms with E-state index in [1.165, 1.54) is 6.08 Å². The molecule has 0 spiro atoms. The topological polar surface area (TPSA) is 63.6 Å². The molecule has 2 aromatic carbocycles. The highest BCUT2D eigenvalue weighted by atomic mass is 16.5. The molecule has 0 amide bonds. The maximum Gasteiger partial charge on any atom is 0.310 e. The molecule has 25 heavy (non-hydrogen) atoms. The maximum absolute atomic E-state index is 12.7. The summed E-state index contributed by atoms with van der Waals surface area (Å²) in [5.41, 5.74) is 1.70. The van der Waals surface area contributed by atoms with Gasteiger partial charge in [-0.2, -0.15) is 0 Å². The van der Waals surface area contributed by atoms with E-state index in [4.69, 9.17) is 4.74 Å². The first kappa shape index (κ1) is 17.0. The highest BCUT2D eigenvalue weighted by Gasteiger charge is 2.59. The Morgan fingerprint density at radius 1 is 0.920 bits per heavy atom. The van der Waals surface area contributed by atoms with Gasteiger partial charge >= 0.3 is 11.9 Å². The number of hydrogen-bond acceptors (Lipinski definition) is 3. The minimum Gasteiger partial charge on any atom is -0.481 e. The molecule has 2 atom stereocenters. The van der Waals surface area contributed by atoms with E-state index in [9.17, 15) is 14.7 Å². The Morgan fingerprint density at radius 3 is 1.80 bits per heavy atom. The first-order valence-electron chi connectivity index (χ1n) is 8.25. The van der Waals surface area contributed by atoms with Gasteiger partial charge in [0, 0.05) is 11.8 Å². The highest BCUT2D eigenvalue weighted by molar-refractivity contribution is 5.84. The van der Waals surface area contributed by atoms with Crippen molar-refractivity contribution in [2.45, 2.75) is 11.8 Å². The van der Waals surface area contributed by atoms with Crippen molar-refractivity contribution in [3.8, 4) is 0 Å². The lowest BCUT2D eigenvalue weighted by molar-refractivity contribution is -0.163. The summed E-state index contributed by atoms with van der Waals surface area (Å²) in [5.74, 6) is -3.25. The lowest BCUT2D eigenvalue weighted by Crippen LogP contribution is -2.51. The van der Waals surface area contributed by atoms with Crippen LogP contribution in [0, 0.1) is 11.8 Å². The number of carbonyl (C=O) groups excluding carboxylic acids is 1. The number of esters is 1. The minimum absolute atomic E-state index is 0.121. The van der Waals surface area contributed by atoms with Gasteiger partial charge in [0.25, 0.3) is 0 Å². The Labute approximate surface area is 146 Å². The Morgan fingerprint density at radius 2 is 1.40 bits per heavy atom. The van der Waals surface area contributed by atoms with Gasteiger partial charge in [0.1, 0.15) is 6.61 Å². The third-order valence-corrected chi connectivity index (χ3v) is 4.82. The van der Waals surface area contributed by atoms with Crippen LogP contribution in [0.15, 0.2) is 73.3 Å². The van der Waals surface area contributed by atoms with Crippen LogP contribution >= 0.6 is 0 Å². The van der Waals surface area contributed by atoms with Crippen molar-refractivity contribution in [3.63, 3.8) is 0 Å². The van der Waals surface area contributed by atoms with Crippen LogP contribution in [0.5, 0.6) is 0 Å². The molecule has 4 heteroatoms. The SMILES string of the molecule is C=CCOC(=O)C1[C@@H](c2ccccc2)C(C(=O)O)[C@@H]1c1ccccc1. The highest BCUT2D eigenvalue weighted by Crippen LogP contribution is 2.57. The fraction of sp³-hybridized carbons (Fsp3) is 0.238. The van der Waals surface area contributed by atoms with Crippen molar-refractivity contribution in [3.05, 3.63) is 84.4 Å². The molecule has 0 aromatic heterocycles. The van der Waals surface area contributed by atoms with Crippen molar-refractivity contribution in [2.24, 2.45) is 11.8 Å². The van der Waals surface area contributed by atoms with Crippen LogP contribution in [0.4, 0.5) is 0 Å². The lowest BCUT2D eigenvalue weighted by atomic mass is 9.52. The predicted octanol–water partition coefficient (Wildman–Crippen LogP) is 3.61. The smallest absolute Gasteiger partial charge is 0.310 e. The average Bonchev–Trinajstić information content (AvgIpc) is 2.60. The molecule has 1 saturated carbocycles. The van der Waals surface area contributed by atoms with Crippen LogP contribution in [-0.2, 0) is 14.3 Å². The Balaban J connectivity index is 2.01. The van der Waals surface area contributed by atoms with Gasteiger partial charge in [-0.3, -0.25) is 9.59 Å². The Hall–Kier alpha value is -2.88. The molecule has 0 radical (unpaired) electrons. The van der Waals surface area contributed by atoms with Gasteiger partial charge in [-0.15, -0.1) is 0 Å². The molecule has 4 nitrogen and oxygen atoms in total. The van der Waals surface area contributed by atoms with Crippen LogP contribution in [0.1, 0.15) is 23.0 Å². The van der Waals surface area contributed by atoms with Crippen LogP contribution in [-0.4, -0.2) is 23.7 Å². The molecule has 0 heterocycles. The molecular weight excluding hydrogens is 316 g/mol. The first-order chi connectivity index (χ1) is 12.1. The van der Waals surface area contributed by atoms with E-state index in [-0.39, 0.29) is 12.6 Å². The predicted molar refractivity (Wildman–Crippen MR) is 94.1 cm³/mol. The van der Waals surface area contributed by atoms with Gasteiger partial charge < -0.3 is 9.84 Å². The Kier molecular flexibility index (Phi) is 4.98. The standard InChI is InChI=1S/C21H20O4/c1-2-13-25-21(24)19-16(14-9-5-3-6-10-14)18(20(22)23)17(19)15-11-7-4-8-12-15/h2-12,16-19H,1,13H2,(H,22,23)/t16-,17-,18?,19?/m0/s1. The van der Waals surface area contributed by atoms with Gasteiger partial charge in [0.15, 0.2) is 0 Å². The molecule has 0 bridgehead atoms. The quantitative estimate of drug-likeness (QED) is 0.646. The molecule has 0 saturated heterocycles. The van der Waals surface area contributed by atoms with Gasteiger partial charge in [-0.05, 0) is 11.1 Å². The zero-order valence-electron chi connectivity index (χ0n) is 13.7. The van der Waals surface area contributed by atoms with E-state index in [0.29, 0.717) is 0 Å². The second-order valence-corrected chi connectivity index (χ2v) is 6.18. The third kappa shape index (κ3) is 3.20. The van der Waals surface area contributed by atoms with Crippen molar-refractivity contribution < 1.29 is 19.4 Å². The van der Waals surface area contributed by atoms with Crippen LogP contribution in [0.25, 0.3) is 0 Å². The van der Waals surface area contributed by atoms with E-state index >= 15 is 0 Å². The number of aliphatic carboxylic acids is 1. The Bertz CT molecular complexity index is 706. The second kappa shape index (κ2) is 7.34. The maximum atomic E-state index is 12.7. The lowest BCUT2D eigenvalue weighted by Gasteiger charge is -2.49. The molecule has 0 aliphatic heterocycles. The summed E-state index contributed by atoms with van der Waals surface area (Å²) in [7, 11) is 0. The number of ether oxygens (including phenoxy) is 1. The average molecular weight is 336 g/mol. The summed E-state index contributed by atoms with van der Waals surface area (Å²) < 4.78 is 5.28. The molecule has 1 aliphatic carbocycles. The molecule has 128 valence electrons. The van der Waals surface area contributed by atoms with Gasteiger partial charge in [0.2, 0.25) is 0 Å². The number of carboxylic acid groups (broad SMARTS) is 1. The van der Waals surface area contributed by atoms with Crippen molar-refractivity contribution in [2.75, 3.05) is 6.61 Å². The normalized spacial score (nSPS) is 24.8. The van der Waals surface area contributed by atoms with E-state index in [0.717, 1.165) is 11.1 Å². The summed E-state index contributed by atoms with van der Waals surface area (Å²) in [6.07, 6.45) is 1.51. The summed E-state index contributed by atoms with van der Waals surface area (Å²) in [5, 5.41) is 9.80. The van der Waals surface area contributed by atoms with Gasteiger partial charge in [0.05, 0.1) is 11.8 Å². The molecule has 2 aromatic rings.